The molecule has 0 bridgehead atoms. The largest absolute Gasteiger partial charge is 0.411 e. The lowest BCUT2D eigenvalue weighted by Crippen LogP contribution is -2.33. The smallest absolute Gasteiger partial charge is 0.246 e. The standard InChI is InChI=1S/C12H22N2O3/c1-9(2)7-13-12(15)8-17-11-5-3-10(14-16)4-6-11/h9,11,16H,3-8H2,1-2H3,(H,13,15). The summed E-state index contributed by atoms with van der Waals surface area (Å²) in [6.45, 7) is 4.92. The highest BCUT2D eigenvalue weighted by Crippen LogP contribution is 2.18. The number of oxime groups is 1. The summed E-state index contributed by atoms with van der Waals surface area (Å²) in [4.78, 5) is 11.4. The first-order valence-electron chi connectivity index (χ1n) is 6.20. The second-order valence-corrected chi connectivity index (χ2v) is 4.87. The number of amides is 1. The van der Waals surface area contributed by atoms with Gasteiger partial charge < -0.3 is 15.3 Å². The van der Waals surface area contributed by atoms with Crippen LogP contribution in [0.1, 0.15) is 39.5 Å². The van der Waals surface area contributed by atoms with Gasteiger partial charge in [-0.3, -0.25) is 4.79 Å². The van der Waals surface area contributed by atoms with Gasteiger partial charge in [-0.2, -0.15) is 0 Å². The van der Waals surface area contributed by atoms with E-state index in [1.807, 2.05) is 0 Å². The maximum absolute atomic E-state index is 11.4. The van der Waals surface area contributed by atoms with Gasteiger partial charge in [0.1, 0.15) is 6.61 Å². The Morgan fingerprint density at radius 1 is 1.53 bits per heavy atom. The molecule has 1 aliphatic rings. The number of hydrogen-bond donors (Lipinski definition) is 2. The molecule has 0 radical (unpaired) electrons. The third-order valence-corrected chi connectivity index (χ3v) is 2.81. The molecule has 0 saturated heterocycles. The number of carbonyl (C=O) groups excluding carboxylic acids is 1. The summed E-state index contributed by atoms with van der Waals surface area (Å²) in [5.41, 5.74) is 0.828. The lowest BCUT2D eigenvalue weighted by molar-refractivity contribution is -0.128. The molecule has 0 heterocycles. The fourth-order valence-electron chi connectivity index (χ4n) is 1.75. The fourth-order valence-corrected chi connectivity index (χ4v) is 1.75. The molecule has 98 valence electrons. The van der Waals surface area contributed by atoms with Crippen molar-refractivity contribution in [2.24, 2.45) is 11.1 Å². The van der Waals surface area contributed by atoms with Gasteiger partial charge in [0.25, 0.3) is 0 Å². The Balaban J connectivity index is 2.12. The molecule has 0 atom stereocenters. The maximum Gasteiger partial charge on any atom is 0.246 e. The molecule has 1 fully saturated rings. The highest BCUT2D eigenvalue weighted by atomic mass is 16.5. The molecule has 0 aliphatic heterocycles. The minimum atomic E-state index is -0.0553. The van der Waals surface area contributed by atoms with Gasteiger partial charge in [0, 0.05) is 6.54 Å². The SMILES string of the molecule is CC(C)CNC(=O)COC1CCC(=NO)CC1. The molecule has 1 rings (SSSR count). The van der Waals surface area contributed by atoms with Gasteiger partial charge in [-0.25, -0.2) is 0 Å². The first kappa shape index (κ1) is 14.0. The number of rotatable bonds is 5. The summed E-state index contributed by atoms with van der Waals surface area (Å²) < 4.78 is 5.52. The highest BCUT2D eigenvalue weighted by Gasteiger charge is 2.19. The minimum Gasteiger partial charge on any atom is -0.411 e. The van der Waals surface area contributed by atoms with Gasteiger partial charge in [-0.15, -0.1) is 0 Å². The number of nitrogens with one attached hydrogen (secondary N) is 1. The molecular formula is C12H22N2O3. The molecule has 0 unspecified atom stereocenters. The van der Waals surface area contributed by atoms with Crippen molar-refractivity contribution in [2.75, 3.05) is 13.2 Å². The maximum atomic E-state index is 11.4. The summed E-state index contributed by atoms with van der Waals surface area (Å²) >= 11 is 0. The van der Waals surface area contributed by atoms with Crippen molar-refractivity contribution in [3.63, 3.8) is 0 Å². The zero-order valence-corrected chi connectivity index (χ0v) is 10.6. The van der Waals surface area contributed by atoms with Crippen LogP contribution in [0.2, 0.25) is 0 Å². The van der Waals surface area contributed by atoms with Crippen LogP contribution in [0.3, 0.4) is 0 Å². The molecule has 0 aromatic rings. The van der Waals surface area contributed by atoms with Crippen molar-refractivity contribution < 1.29 is 14.7 Å². The molecule has 5 heteroatoms. The summed E-state index contributed by atoms with van der Waals surface area (Å²) in [5.74, 6) is 0.400. The Kier molecular flexibility index (Phi) is 5.97. The molecular weight excluding hydrogens is 220 g/mol. The van der Waals surface area contributed by atoms with Crippen molar-refractivity contribution in [1.29, 1.82) is 0 Å². The Morgan fingerprint density at radius 3 is 2.71 bits per heavy atom. The second kappa shape index (κ2) is 7.27. The summed E-state index contributed by atoms with van der Waals surface area (Å²) in [5, 5.41) is 14.6. The van der Waals surface area contributed by atoms with E-state index in [9.17, 15) is 4.79 Å². The molecule has 17 heavy (non-hydrogen) atoms. The average molecular weight is 242 g/mol. The van der Waals surface area contributed by atoms with Gasteiger partial charge >= 0.3 is 0 Å². The summed E-state index contributed by atoms with van der Waals surface area (Å²) in [6, 6.07) is 0. The zero-order valence-electron chi connectivity index (χ0n) is 10.6. The van der Waals surface area contributed by atoms with E-state index in [4.69, 9.17) is 9.94 Å². The fraction of sp³-hybridized carbons (Fsp3) is 0.833. The molecule has 1 aliphatic carbocycles. The van der Waals surface area contributed by atoms with Crippen LogP contribution in [0, 0.1) is 5.92 Å². The number of hydrogen-bond acceptors (Lipinski definition) is 4. The first-order valence-corrected chi connectivity index (χ1v) is 6.20. The van der Waals surface area contributed by atoms with Gasteiger partial charge in [0.05, 0.1) is 11.8 Å². The molecule has 0 aromatic carbocycles. The topological polar surface area (TPSA) is 70.9 Å². The van der Waals surface area contributed by atoms with Gasteiger partial charge in [0.15, 0.2) is 0 Å². The summed E-state index contributed by atoms with van der Waals surface area (Å²) in [6.07, 6.45) is 3.29. The van der Waals surface area contributed by atoms with Gasteiger partial charge in [-0.1, -0.05) is 19.0 Å². The van der Waals surface area contributed by atoms with E-state index in [1.165, 1.54) is 0 Å². The molecule has 0 aromatic heterocycles. The van der Waals surface area contributed by atoms with Crippen LogP contribution in [-0.4, -0.2) is 36.1 Å². The Morgan fingerprint density at radius 2 is 2.18 bits per heavy atom. The number of ether oxygens (including phenoxy) is 1. The lowest BCUT2D eigenvalue weighted by atomic mass is 9.96. The van der Waals surface area contributed by atoms with E-state index >= 15 is 0 Å². The number of carbonyl (C=O) groups is 1. The normalized spacial score (nSPS) is 20.4. The van der Waals surface area contributed by atoms with E-state index in [0.29, 0.717) is 12.5 Å². The predicted molar refractivity (Wildman–Crippen MR) is 65.3 cm³/mol. The van der Waals surface area contributed by atoms with Crippen LogP contribution in [0.25, 0.3) is 0 Å². The van der Waals surface area contributed by atoms with Crippen LogP contribution >= 0.6 is 0 Å². The van der Waals surface area contributed by atoms with Crippen LogP contribution < -0.4 is 5.32 Å². The first-order chi connectivity index (χ1) is 8.11. The van der Waals surface area contributed by atoms with Crippen LogP contribution in [0.4, 0.5) is 0 Å². The zero-order chi connectivity index (χ0) is 12.7. The molecule has 1 saturated carbocycles. The van der Waals surface area contributed by atoms with Gasteiger partial charge in [0.2, 0.25) is 5.91 Å². The third kappa shape index (κ3) is 5.68. The van der Waals surface area contributed by atoms with Gasteiger partial charge in [-0.05, 0) is 31.6 Å². The van der Waals surface area contributed by atoms with Crippen LogP contribution in [-0.2, 0) is 9.53 Å². The van der Waals surface area contributed by atoms with Crippen LogP contribution in [0.15, 0.2) is 5.16 Å². The molecule has 0 spiro atoms. The average Bonchev–Trinajstić information content (AvgIpc) is 2.34. The molecule has 1 amide bonds. The van der Waals surface area contributed by atoms with E-state index < -0.39 is 0 Å². The van der Waals surface area contributed by atoms with Crippen molar-refractivity contribution in [3.8, 4) is 0 Å². The van der Waals surface area contributed by atoms with E-state index in [2.05, 4.69) is 24.3 Å². The number of nitrogens with zero attached hydrogens (tertiary/aromatic N) is 1. The van der Waals surface area contributed by atoms with E-state index in [1.54, 1.807) is 0 Å². The monoisotopic (exact) mass is 242 g/mol. The van der Waals surface area contributed by atoms with E-state index in [-0.39, 0.29) is 18.6 Å². The third-order valence-electron chi connectivity index (χ3n) is 2.81. The quantitative estimate of drug-likeness (QED) is 0.567. The van der Waals surface area contributed by atoms with Crippen molar-refractivity contribution in [1.82, 2.24) is 5.32 Å². The van der Waals surface area contributed by atoms with Crippen LogP contribution in [0.5, 0.6) is 0 Å². The van der Waals surface area contributed by atoms with Crippen molar-refractivity contribution >= 4 is 11.6 Å². The predicted octanol–water partition coefficient (Wildman–Crippen LogP) is 1.55. The Labute approximate surface area is 102 Å². The second-order valence-electron chi connectivity index (χ2n) is 4.87. The lowest BCUT2D eigenvalue weighted by Gasteiger charge is -2.22. The van der Waals surface area contributed by atoms with Crippen molar-refractivity contribution in [2.45, 2.75) is 45.6 Å². The summed E-state index contributed by atoms with van der Waals surface area (Å²) in [7, 11) is 0. The minimum absolute atomic E-state index is 0.0553. The highest BCUT2D eigenvalue weighted by molar-refractivity contribution is 5.84. The van der Waals surface area contributed by atoms with E-state index in [0.717, 1.165) is 31.4 Å². The molecule has 5 nitrogen and oxygen atoms in total. The Hall–Kier alpha value is -1.10. The Bertz CT molecular complexity index is 267. The molecule has 2 N–H and O–H groups in total. The van der Waals surface area contributed by atoms with Crippen molar-refractivity contribution in [3.05, 3.63) is 0 Å².